The Morgan fingerprint density at radius 1 is 1.33 bits per heavy atom. The molecule has 2 heterocycles. The van der Waals surface area contributed by atoms with Crippen LogP contribution in [0, 0.1) is 0 Å². The van der Waals surface area contributed by atoms with Gasteiger partial charge in [-0.25, -0.2) is 0 Å². The van der Waals surface area contributed by atoms with Crippen molar-refractivity contribution in [2.45, 2.75) is 31.7 Å². The fourth-order valence-electron chi connectivity index (χ4n) is 2.74. The number of hydrogen-bond acceptors (Lipinski definition) is 3. The van der Waals surface area contributed by atoms with E-state index in [1.807, 2.05) is 24.7 Å². The number of hydrogen-bond donors (Lipinski definition) is 1. The lowest BCUT2D eigenvalue weighted by atomic mass is 9.82. The second-order valence-corrected chi connectivity index (χ2v) is 4.82. The van der Waals surface area contributed by atoms with Gasteiger partial charge >= 0.3 is 0 Å². The van der Waals surface area contributed by atoms with E-state index in [2.05, 4.69) is 22.1 Å². The zero-order valence-corrected chi connectivity index (χ0v) is 10.3. The predicted octanol–water partition coefficient (Wildman–Crippen LogP) is 2.40. The van der Waals surface area contributed by atoms with Gasteiger partial charge in [-0.15, -0.1) is 0 Å². The number of aromatic nitrogens is 2. The number of nitrogens with two attached hydrogens (primary N) is 1. The highest BCUT2D eigenvalue weighted by atomic mass is 14.7. The molecule has 3 nitrogen and oxygen atoms in total. The molecule has 3 heteroatoms. The minimum absolute atomic E-state index is 0.383. The van der Waals surface area contributed by atoms with E-state index in [1.165, 1.54) is 23.2 Å². The van der Waals surface area contributed by atoms with E-state index in [-0.39, 0.29) is 0 Å². The fraction of sp³-hybridized carbons (Fsp3) is 0.333. The van der Waals surface area contributed by atoms with Crippen molar-refractivity contribution in [2.24, 2.45) is 5.73 Å². The molecule has 1 aliphatic carbocycles. The molecule has 92 valence electrons. The minimum atomic E-state index is 0.383. The number of rotatable bonds is 2. The summed E-state index contributed by atoms with van der Waals surface area (Å²) in [5, 5.41) is 0. The Balaban J connectivity index is 2.02. The number of aryl methyl sites for hydroxylation is 1. The van der Waals surface area contributed by atoms with E-state index < -0.39 is 0 Å². The van der Waals surface area contributed by atoms with Crippen molar-refractivity contribution in [3.63, 3.8) is 0 Å². The lowest BCUT2D eigenvalue weighted by Crippen LogP contribution is -2.13. The van der Waals surface area contributed by atoms with Crippen LogP contribution in [-0.4, -0.2) is 9.97 Å². The number of pyridine rings is 2. The van der Waals surface area contributed by atoms with Crippen molar-refractivity contribution in [3.05, 3.63) is 59.2 Å². The molecule has 0 saturated carbocycles. The minimum Gasteiger partial charge on any atom is -0.326 e. The highest BCUT2D eigenvalue weighted by molar-refractivity contribution is 5.35. The molecular formula is C15H17N3. The van der Waals surface area contributed by atoms with Gasteiger partial charge < -0.3 is 5.73 Å². The Kier molecular flexibility index (Phi) is 3.07. The van der Waals surface area contributed by atoms with Crippen LogP contribution in [0.4, 0.5) is 0 Å². The van der Waals surface area contributed by atoms with Gasteiger partial charge in [0.1, 0.15) is 0 Å². The SMILES string of the molecule is NCc1cncc(C2CCCc3cccnc32)c1. The predicted molar refractivity (Wildman–Crippen MR) is 71.1 cm³/mol. The van der Waals surface area contributed by atoms with Crippen LogP contribution in [0.15, 0.2) is 36.8 Å². The first kappa shape index (κ1) is 11.4. The summed E-state index contributed by atoms with van der Waals surface area (Å²) in [6.45, 7) is 0.544. The average Bonchev–Trinajstić information content (AvgIpc) is 2.47. The van der Waals surface area contributed by atoms with Crippen LogP contribution in [-0.2, 0) is 13.0 Å². The highest BCUT2D eigenvalue weighted by Crippen LogP contribution is 2.34. The van der Waals surface area contributed by atoms with Crippen LogP contribution < -0.4 is 5.73 Å². The maximum absolute atomic E-state index is 5.69. The van der Waals surface area contributed by atoms with Crippen molar-refractivity contribution < 1.29 is 0 Å². The molecule has 0 aromatic carbocycles. The summed E-state index contributed by atoms with van der Waals surface area (Å²) in [7, 11) is 0. The van der Waals surface area contributed by atoms with Gasteiger partial charge in [0.25, 0.3) is 0 Å². The summed E-state index contributed by atoms with van der Waals surface area (Å²) in [5.74, 6) is 0.383. The van der Waals surface area contributed by atoms with Crippen molar-refractivity contribution in [3.8, 4) is 0 Å². The van der Waals surface area contributed by atoms with Gasteiger partial charge in [-0.1, -0.05) is 12.1 Å². The summed E-state index contributed by atoms with van der Waals surface area (Å²) in [4.78, 5) is 8.87. The summed E-state index contributed by atoms with van der Waals surface area (Å²) in [6.07, 6.45) is 9.19. The maximum atomic E-state index is 5.69. The van der Waals surface area contributed by atoms with Crippen LogP contribution in [0.3, 0.4) is 0 Å². The molecule has 0 radical (unpaired) electrons. The van der Waals surface area contributed by atoms with E-state index in [4.69, 9.17) is 5.73 Å². The largest absolute Gasteiger partial charge is 0.326 e. The molecule has 2 aromatic heterocycles. The third kappa shape index (κ3) is 2.02. The Hall–Kier alpha value is -1.74. The zero-order chi connectivity index (χ0) is 12.4. The summed E-state index contributed by atoms with van der Waals surface area (Å²) < 4.78 is 0. The van der Waals surface area contributed by atoms with E-state index in [1.54, 1.807) is 0 Å². The first-order valence-electron chi connectivity index (χ1n) is 6.46. The van der Waals surface area contributed by atoms with Gasteiger partial charge in [0.2, 0.25) is 0 Å². The van der Waals surface area contributed by atoms with Crippen molar-refractivity contribution >= 4 is 0 Å². The normalized spacial score (nSPS) is 18.4. The molecule has 3 rings (SSSR count). The summed E-state index contributed by atoms with van der Waals surface area (Å²) in [6, 6.07) is 6.38. The molecule has 2 aromatic rings. The molecule has 1 aliphatic rings. The molecule has 18 heavy (non-hydrogen) atoms. The summed E-state index contributed by atoms with van der Waals surface area (Å²) in [5.41, 5.74) is 10.6. The lowest BCUT2D eigenvalue weighted by Gasteiger charge is -2.24. The monoisotopic (exact) mass is 239 g/mol. The number of nitrogens with zero attached hydrogens (tertiary/aromatic N) is 2. The van der Waals surface area contributed by atoms with E-state index in [0.717, 1.165) is 18.4 Å². The van der Waals surface area contributed by atoms with Crippen LogP contribution in [0.25, 0.3) is 0 Å². The van der Waals surface area contributed by atoms with Gasteiger partial charge in [0.15, 0.2) is 0 Å². The molecule has 0 bridgehead atoms. The standard InChI is InChI=1S/C15H17N3/c16-8-11-7-13(10-17-9-11)14-5-1-3-12-4-2-6-18-15(12)14/h2,4,6-7,9-10,14H,1,3,5,8,16H2. The van der Waals surface area contributed by atoms with Crippen LogP contribution in [0.2, 0.25) is 0 Å². The van der Waals surface area contributed by atoms with Gasteiger partial charge in [0, 0.05) is 31.1 Å². The molecule has 0 spiro atoms. The van der Waals surface area contributed by atoms with Crippen LogP contribution in [0.5, 0.6) is 0 Å². The molecule has 1 atom stereocenters. The second kappa shape index (κ2) is 4.86. The molecule has 1 unspecified atom stereocenters. The van der Waals surface area contributed by atoms with Gasteiger partial charge in [-0.05, 0) is 42.0 Å². The van der Waals surface area contributed by atoms with Gasteiger partial charge in [-0.2, -0.15) is 0 Å². The number of fused-ring (bicyclic) bond motifs is 1. The third-order valence-electron chi connectivity index (χ3n) is 3.65. The van der Waals surface area contributed by atoms with Crippen molar-refractivity contribution in [1.29, 1.82) is 0 Å². The quantitative estimate of drug-likeness (QED) is 0.875. The molecule has 0 aliphatic heterocycles. The van der Waals surface area contributed by atoms with E-state index in [0.29, 0.717) is 12.5 Å². The average molecular weight is 239 g/mol. The zero-order valence-electron chi connectivity index (χ0n) is 10.3. The second-order valence-electron chi connectivity index (χ2n) is 4.82. The Bertz CT molecular complexity index is 551. The molecular weight excluding hydrogens is 222 g/mol. The third-order valence-corrected chi connectivity index (χ3v) is 3.65. The molecule has 0 fully saturated rings. The fourth-order valence-corrected chi connectivity index (χ4v) is 2.74. The molecule has 2 N–H and O–H groups in total. The highest BCUT2D eigenvalue weighted by Gasteiger charge is 2.23. The Morgan fingerprint density at radius 3 is 3.17 bits per heavy atom. The van der Waals surface area contributed by atoms with Crippen molar-refractivity contribution in [1.82, 2.24) is 9.97 Å². The lowest BCUT2D eigenvalue weighted by molar-refractivity contribution is 0.596. The topological polar surface area (TPSA) is 51.8 Å². The van der Waals surface area contributed by atoms with Crippen LogP contribution in [0.1, 0.15) is 41.1 Å². The smallest absolute Gasteiger partial charge is 0.0510 e. The summed E-state index contributed by atoms with van der Waals surface area (Å²) >= 11 is 0. The maximum Gasteiger partial charge on any atom is 0.0510 e. The van der Waals surface area contributed by atoms with E-state index in [9.17, 15) is 0 Å². The van der Waals surface area contributed by atoms with Crippen molar-refractivity contribution in [2.75, 3.05) is 0 Å². The first-order chi connectivity index (χ1) is 8.88. The Labute approximate surface area is 107 Å². The molecule has 0 amide bonds. The van der Waals surface area contributed by atoms with Gasteiger partial charge in [0.05, 0.1) is 5.69 Å². The van der Waals surface area contributed by atoms with Crippen LogP contribution >= 0.6 is 0 Å². The van der Waals surface area contributed by atoms with E-state index >= 15 is 0 Å². The first-order valence-corrected chi connectivity index (χ1v) is 6.46. The molecule has 0 saturated heterocycles. The Morgan fingerprint density at radius 2 is 2.28 bits per heavy atom. The van der Waals surface area contributed by atoms with Gasteiger partial charge in [-0.3, -0.25) is 9.97 Å².